The molecule has 23 heavy (non-hydrogen) atoms. The molecule has 1 heterocycles. The lowest BCUT2D eigenvalue weighted by molar-refractivity contribution is -0.888. The van der Waals surface area contributed by atoms with Crippen LogP contribution in [0.5, 0.6) is 0 Å². The summed E-state index contributed by atoms with van der Waals surface area (Å²) in [5.41, 5.74) is 0. The van der Waals surface area contributed by atoms with Gasteiger partial charge in [-0.15, -0.1) is 0 Å². The highest BCUT2D eigenvalue weighted by Gasteiger charge is 2.19. The van der Waals surface area contributed by atoms with Gasteiger partial charge in [0.25, 0.3) is 0 Å². The molecule has 138 valence electrons. The lowest BCUT2D eigenvalue weighted by Gasteiger charge is -2.27. The molecule has 8 heteroatoms. The number of allylic oxidation sites excluding steroid dienone is 1. The van der Waals surface area contributed by atoms with Gasteiger partial charge in [0.05, 0.1) is 40.5 Å². The number of rotatable bonds is 8. The van der Waals surface area contributed by atoms with Crippen LogP contribution in [-0.4, -0.2) is 72.6 Å². The number of ether oxygens (including phenoxy) is 2. The van der Waals surface area contributed by atoms with Gasteiger partial charge in [0, 0.05) is 12.6 Å². The van der Waals surface area contributed by atoms with E-state index in [0.717, 1.165) is 44.0 Å². The van der Waals surface area contributed by atoms with Crippen LogP contribution in [0.2, 0.25) is 0 Å². The molecule has 0 fully saturated rings. The van der Waals surface area contributed by atoms with Crippen LogP contribution in [0.4, 0.5) is 0 Å². The van der Waals surface area contributed by atoms with Crippen LogP contribution in [0.1, 0.15) is 27.7 Å². The van der Waals surface area contributed by atoms with Gasteiger partial charge in [-0.2, -0.15) is 13.1 Å². The fourth-order valence-electron chi connectivity index (χ4n) is 1.67. The predicted molar refractivity (Wildman–Crippen MR) is 91.2 cm³/mol. The van der Waals surface area contributed by atoms with Gasteiger partial charge >= 0.3 is 10.3 Å². The summed E-state index contributed by atoms with van der Waals surface area (Å²) < 4.78 is 39.7. The van der Waals surface area contributed by atoms with E-state index in [1.165, 1.54) is 0 Å². The van der Waals surface area contributed by atoms with Crippen molar-refractivity contribution in [3.8, 4) is 0 Å². The zero-order valence-corrected chi connectivity index (χ0v) is 16.1. The largest absolute Gasteiger partial charge is 0.382 e. The molecule has 0 radical (unpaired) electrons. The third-order valence-electron chi connectivity index (χ3n) is 3.33. The Morgan fingerprint density at radius 1 is 1.22 bits per heavy atom. The molecule has 1 rings (SSSR count). The minimum atomic E-state index is -3.50. The van der Waals surface area contributed by atoms with Gasteiger partial charge < -0.3 is 18.1 Å². The van der Waals surface area contributed by atoms with Gasteiger partial charge in [-0.3, -0.25) is 0 Å². The van der Waals surface area contributed by atoms with Crippen LogP contribution in [0, 0.1) is 0 Å². The molecule has 1 unspecified atom stereocenters. The Balaban J connectivity index is 0.000000433. The lowest BCUT2D eigenvalue weighted by Crippen LogP contribution is -2.42. The zero-order valence-electron chi connectivity index (χ0n) is 15.3. The smallest absolute Gasteiger partial charge is 0.379 e. The molecular formula is C15H33N2O5S+. The summed E-state index contributed by atoms with van der Waals surface area (Å²) in [4.78, 5) is 0. The minimum Gasteiger partial charge on any atom is -0.379 e. The summed E-state index contributed by atoms with van der Waals surface area (Å²) in [5, 5.41) is 0. The number of nitrogens with zero attached hydrogens (tertiary/aromatic N) is 1. The second kappa shape index (κ2) is 11.0. The van der Waals surface area contributed by atoms with E-state index in [1.54, 1.807) is 19.9 Å². The topological polar surface area (TPSA) is 73.9 Å². The Bertz CT molecular complexity index is 449. The van der Waals surface area contributed by atoms with Crippen molar-refractivity contribution in [3.63, 3.8) is 0 Å². The van der Waals surface area contributed by atoms with Crippen LogP contribution in [0.3, 0.4) is 0 Å². The molecule has 0 saturated carbocycles. The van der Waals surface area contributed by atoms with Crippen molar-refractivity contribution in [1.29, 1.82) is 0 Å². The monoisotopic (exact) mass is 353 g/mol. The summed E-state index contributed by atoms with van der Waals surface area (Å²) in [6, 6.07) is -0.168. The predicted octanol–water partition coefficient (Wildman–Crippen LogP) is 1.28. The maximum absolute atomic E-state index is 10.7. The van der Waals surface area contributed by atoms with Crippen LogP contribution >= 0.6 is 0 Å². The molecular weight excluding hydrogens is 320 g/mol. The first kappa shape index (κ1) is 22.3. The molecule has 7 nitrogen and oxygen atoms in total. The highest BCUT2D eigenvalue weighted by Crippen LogP contribution is 2.09. The summed E-state index contributed by atoms with van der Waals surface area (Å²) in [6.45, 7) is 12.8. The molecule has 1 N–H and O–H groups in total. The first-order valence-corrected chi connectivity index (χ1v) is 9.40. The first-order chi connectivity index (χ1) is 10.6. The summed E-state index contributed by atoms with van der Waals surface area (Å²) >= 11 is 0. The lowest BCUT2D eigenvalue weighted by atomic mass is 10.3. The van der Waals surface area contributed by atoms with Crippen LogP contribution in [0.15, 0.2) is 11.8 Å². The van der Waals surface area contributed by atoms with E-state index in [9.17, 15) is 8.42 Å². The van der Waals surface area contributed by atoms with Crippen LogP contribution in [0.25, 0.3) is 0 Å². The van der Waals surface area contributed by atoms with Crippen molar-refractivity contribution in [2.45, 2.75) is 33.7 Å². The van der Waals surface area contributed by atoms with Gasteiger partial charge in [-0.1, -0.05) is 0 Å². The third kappa shape index (κ3) is 12.4. The number of hydrogen-bond acceptors (Lipinski definition) is 5. The van der Waals surface area contributed by atoms with E-state index in [-0.39, 0.29) is 6.04 Å². The second-order valence-corrected chi connectivity index (χ2v) is 7.32. The zero-order chi connectivity index (χ0) is 17.9. The van der Waals surface area contributed by atoms with Crippen molar-refractivity contribution in [1.82, 2.24) is 4.72 Å². The Kier molecular flexibility index (Phi) is 10.7. The van der Waals surface area contributed by atoms with Gasteiger partial charge in [0.15, 0.2) is 0 Å². The minimum absolute atomic E-state index is 0.168. The van der Waals surface area contributed by atoms with Crippen molar-refractivity contribution in [3.05, 3.63) is 11.8 Å². The normalized spacial score (nSPS) is 20.1. The summed E-state index contributed by atoms with van der Waals surface area (Å²) in [6.07, 6.45) is 1.70. The van der Waals surface area contributed by atoms with E-state index in [1.807, 2.05) is 6.92 Å². The molecule has 1 atom stereocenters. The van der Waals surface area contributed by atoms with Crippen molar-refractivity contribution < 1.29 is 26.6 Å². The Labute approximate surface area is 141 Å². The van der Waals surface area contributed by atoms with E-state index in [2.05, 4.69) is 29.9 Å². The van der Waals surface area contributed by atoms with Gasteiger partial charge in [0.2, 0.25) is 0 Å². The highest BCUT2D eigenvalue weighted by molar-refractivity contribution is 7.84. The fraction of sp³-hybridized carbons (Fsp3) is 0.867. The van der Waals surface area contributed by atoms with E-state index < -0.39 is 10.3 Å². The number of hydrogen-bond donors (Lipinski definition) is 1. The second-order valence-electron chi connectivity index (χ2n) is 6.01. The van der Waals surface area contributed by atoms with Crippen molar-refractivity contribution in [2.75, 3.05) is 53.6 Å². The molecule has 0 spiro atoms. The molecule has 0 aromatic heterocycles. The van der Waals surface area contributed by atoms with Gasteiger partial charge in [-0.25, -0.2) is 0 Å². The summed E-state index contributed by atoms with van der Waals surface area (Å²) in [7, 11) is 0.929. The Morgan fingerprint density at radius 2 is 1.83 bits per heavy atom. The highest BCUT2D eigenvalue weighted by atomic mass is 32.2. The molecule has 0 saturated heterocycles. The van der Waals surface area contributed by atoms with Crippen molar-refractivity contribution in [2.24, 2.45) is 0 Å². The van der Waals surface area contributed by atoms with E-state index >= 15 is 0 Å². The molecule has 0 aromatic carbocycles. The van der Waals surface area contributed by atoms with Gasteiger partial charge in [0.1, 0.15) is 12.3 Å². The third-order valence-corrected chi connectivity index (χ3v) is 4.47. The average Bonchev–Trinajstić information content (AvgIpc) is 2.40. The Hall–Kier alpha value is -0.670. The molecule has 0 bridgehead atoms. The summed E-state index contributed by atoms with van der Waals surface area (Å²) in [5.74, 6) is 0.422. The van der Waals surface area contributed by atoms with Gasteiger partial charge in [-0.05, 0) is 33.8 Å². The fourth-order valence-corrected chi connectivity index (χ4v) is 2.65. The molecule has 0 aliphatic carbocycles. The molecule has 1 aliphatic heterocycles. The first-order valence-electron chi connectivity index (χ1n) is 7.99. The van der Waals surface area contributed by atoms with Crippen LogP contribution < -0.4 is 4.72 Å². The number of likely N-dealkylation sites (N-methyl/N-ethyl adjacent to an activating group) is 1. The van der Waals surface area contributed by atoms with E-state index in [0.29, 0.717) is 5.76 Å². The Morgan fingerprint density at radius 3 is 2.30 bits per heavy atom. The average molecular weight is 354 g/mol. The quantitative estimate of drug-likeness (QED) is 0.526. The van der Waals surface area contributed by atoms with E-state index in [4.69, 9.17) is 9.47 Å². The maximum atomic E-state index is 10.7. The number of quaternary nitrogens is 1. The van der Waals surface area contributed by atoms with Crippen molar-refractivity contribution >= 4 is 10.3 Å². The standard InChI is InChI=1S/C10H24NO2.C5H9NO3S/c1-5-11(3,4)7-8-13-10-9-12-6-2;1-4-3-5(2)9-10(7,8)6-4/h5-10H2,1-4H3;3-4,6H,1-2H3/q+1;. The SMILES string of the molecule is CC1=CC(C)NS(=O)(=O)O1.CCOCCOCC[N+](C)(C)CC. The van der Waals surface area contributed by atoms with Crippen LogP contribution in [-0.2, 0) is 24.0 Å². The molecule has 1 aliphatic rings. The maximum Gasteiger partial charge on any atom is 0.382 e. The number of nitrogens with one attached hydrogen (secondary N) is 1. The molecule has 0 amide bonds. The molecule has 0 aromatic rings.